The molecule has 31 heavy (non-hydrogen) atoms. The van der Waals surface area contributed by atoms with Gasteiger partial charge in [-0.05, 0) is 19.3 Å². The third-order valence-corrected chi connectivity index (χ3v) is 5.40. The molecule has 0 aliphatic heterocycles. The molecule has 1 atom stereocenters. The summed E-state index contributed by atoms with van der Waals surface area (Å²) in [5, 5.41) is 4.11. The van der Waals surface area contributed by atoms with Crippen molar-refractivity contribution < 1.29 is 14.4 Å². The van der Waals surface area contributed by atoms with Crippen molar-refractivity contribution in [2.45, 2.75) is 123 Å². The maximum absolute atomic E-state index is 13.0. The molecule has 0 spiro atoms. The SMILES string of the molecule is CCCCCCCC(=O)NN(C(=O)CCCCCCC)C(CCCC)C(=O)NCCN. The summed E-state index contributed by atoms with van der Waals surface area (Å²) in [4.78, 5) is 38.4. The molecule has 0 heterocycles. The van der Waals surface area contributed by atoms with Crippen LogP contribution in [0.5, 0.6) is 0 Å². The predicted octanol–water partition coefficient (Wildman–Crippen LogP) is 4.20. The second-order valence-corrected chi connectivity index (χ2v) is 8.36. The lowest BCUT2D eigenvalue weighted by Gasteiger charge is -2.31. The number of carbonyl (C=O) groups is 3. The van der Waals surface area contributed by atoms with Crippen LogP contribution in [0.3, 0.4) is 0 Å². The number of unbranched alkanes of at least 4 members (excludes halogenated alkanes) is 9. The van der Waals surface area contributed by atoms with Gasteiger partial charge in [-0.15, -0.1) is 0 Å². The summed E-state index contributed by atoms with van der Waals surface area (Å²) >= 11 is 0. The van der Waals surface area contributed by atoms with Crippen molar-refractivity contribution in [2.24, 2.45) is 5.73 Å². The molecule has 0 saturated carbocycles. The van der Waals surface area contributed by atoms with Gasteiger partial charge in [-0.2, -0.15) is 0 Å². The standard InChI is InChI=1S/C24H48N4O3/c1-4-7-10-12-14-17-22(29)27-28(23(30)18-15-13-11-8-5-2)21(16-9-6-3)24(31)26-20-19-25/h21H,4-20,25H2,1-3H3,(H,26,31)(H,27,29). The van der Waals surface area contributed by atoms with E-state index in [-0.39, 0.29) is 17.7 Å². The monoisotopic (exact) mass is 440 g/mol. The molecule has 0 saturated heterocycles. The number of nitrogens with zero attached hydrogens (tertiary/aromatic N) is 1. The van der Waals surface area contributed by atoms with E-state index in [4.69, 9.17) is 5.73 Å². The first kappa shape index (κ1) is 29.4. The molecule has 182 valence electrons. The lowest BCUT2D eigenvalue weighted by molar-refractivity contribution is -0.149. The molecule has 0 aromatic carbocycles. The fraction of sp³-hybridized carbons (Fsp3) is 0.875. The van der Waals surface area contributed by atoms with Gasteiger partial charge in [-0.25, -0.2) is 5.01 Å². The molecule has 7 heteroatoms. The van der Waals surface area contributed by atoms with Crippen LogP contribution in [-0.2, 0) is 14.4 Å². The molecule has 0 aliphatic carbocycles. The van der Waals surface area contributed by atoms with Crippen molar-refractivity contribution >= 4 is 17.7 Å². The molecule has 0 rings (SSSR count). The predicted molar refractivity (Wildman–Crippen MR) is 127 cm³/mol. The zero-order chi connectivity index (χ0) is 23.3. The summed E-state index contributed by atoms with van der Waals surface area (Å²) in [6.45, 7) is 7.05. The molecule has 1 unspecified atom stereocenters. The van der Waals surface area contributed by atoms with E-state index in [0.717, 1.165) is 70.6 Å². The van der Waals surface area contributed by atoms with Crippen LogP contribution in [0.4, 0.5) is 0 Å². The minimum Gasteiger partial charge on any atom is -0.353 e. The molecule has 0 radical (unpaired) electrons. The lowest BCUT2D eigenvalue weighted by atomic mass is 10.1. The zero-order valence-corrected chi connectivity index (χ0v) is 20.3. The highest BCUT2D eigenvalue weighted by Crippen LogP contribution is 2.13. The van der Waals surface area contributed by atoms with E-state index in [0.29, 0.717) is 32.4 Å². The Bertz CT molecular complexity index is 485. The highest BCUT2D eigenvalue weighted by molar-refractivity contribution is 5.89. The molecule has 0 bridgehead atoms. The van der Waals surface area contributed by atoms with Crippen LogP contribution in [0.1, 0.15) is 117 Å². The van der Waals surface area contributed by atoms with Crippen molar-refractivity contribution in [3.63, 3.8) is 0 Å². The molecule has 4 N–H and O–H groups in total. The van der Waals surface area contributed by atoms with Crippen molar-refractivity contribution in [1.29, 1.82) is 0 Å². The summed E-state index contributed by atoms with van der Waals surface area (Å²) in [5.74, 6) is -0.620. The Hall–Kier alpha value is -1.63. The van der Waals surface area contributed by atoms with Gasteiger partial charge in [0.15, 0.2) is 0 Å². The van der Waals surface area contributed by atoms with E-state index in [9.17, 15) is 14.4 Å². The summed E-state index contributed by atoms with van der Waals surface area (Å²) in [6, 6.07) is -0.696. The first-order valence-electron chi connectivity index (χ1n) is 12.6. The van der Waals surface area contributed by atoms with Crippen LogP contribution in [0.2, 0.25) is 0 Å². The summed E-state index contributed by atoms with van der Waals surface area (Å²) in [5.41, 5.74) is 8.30. The van der Waals surface area contributed by atoms with Crippen LogP contribution in [0.15, 0.2) is 0 Å². The fourth-order valence-electron chi connectivity index (χ4n) is 3.48. The molecular weight excluding hydrogens is 392 g/mol. The topological polar surface area (TPSA) is 105 Å². The molecule has 0 aromatic rings. The number of hydrogen-bond donors (Lipinski definition) is 3. The summed E-state index contributed by atoms with van der Waals surface area (Å²) < 4.78 is 0. The Morgan fingerprint density at radius 3 is 1.87 bits per heavy atom. The van der Waals surface area contributed by atoms with E-state index in [1.807, 2.05) is 6.92 Å². The average molecular weight is 441 g/mol. The number of rotatable bonds is 19. The fourth-order valence-corrected chi connectivity index (χ4v) is 3.48. The van der Waals surface area contributed by atoms with Gasteiger partial charge >= 0.3 is 0 Å². The number of nitrogens with two attached hydrogens (primary N) is 1. The minimum atomic E-state index is -0.696. The Morgan fingerprint density at radius 1 is 0.774 bits per heavy atom. The number of hydrazine groups is 1. The van der Waals surface area contributed by atoms with Crippen LogP contribution in [-0.4, -0.2) is 41.9 Å². The second kappa shape index (κ2) is 20.3. The Labute approximate surface area is 190 Å². The van der Waals surface area contributed by atoms with Crippen LogP contribution in [0, 0.1) is 0 Å². The summed E-state index contributed by atoms with van der Waals surface area (Å²) in [6.07, 6.45) is 13.3. The molecule has 7 nitrogen and oxygen atoms in total. The van der Waals surface area contributed by atoms with Gasteiger partial charge in [0, 0.05) is 25.9 Å². The van der Waals surface area contributed by atoms with Crippen molar-refractivity contribution in [1.82, 2.24) is 15.8 Å². The van der Waals surface area contributed by atoms with Crippen LogP contribution < -0.4 is 16.5 Å². The highest BCUT2D eigenvalue weighted by Gasteiger charge is 2.30. The smallest absolute Gasteiger partial charge is 0.244 e. The second-order valence-electron chi connectivity index (χ2n) is 8.36. The first-order valence-corrected chi connectivity index (χ1v) is 12.6. The van der Waals surface area contributed by atoms with Crippen molar-refractivity contribution in [2.75, 3.05) is 13.1 Å². The molecule has 3 amide bonds. The van der Waals surface area contributed by atoms with Gasteiger partial charge in [0.1, 0.15) is 6.04 Å². The number of nitrogens with one attached hydrogen (secondary N) is 2. The average Bonchev–Trinajstić information content (AvgIpc) is 2.76. The number of hydrogen-bond acceptors (Lipinski definition) is 4. The van der Waals surface area contributed by atoms with E-state index < -0.39 is 6.04 Å². The Kier molecular flexibility index (Phi) is 19.2. The Balaban J connectivity index is 5.09. The van der Waals surface area contributed by atoms with E-state index in [1.54, 1.807) is 0 Å². The molecule has 0 aliphatic rings. The Morgan fingerprint density at radius 2 is 1.32 bits per heavy atom. The molecule has 0 fully saturated rings. The normalized spacial score (nSPS) is 11.7. The van der Waals surface area contributed by atoms with Crippen LogP contribution in [0.25, 0.3) is 0 Å². The first-order chi connectivity index (χ1) is 15.0. The molecule has 0 aromatic heterocycles. The maximum atomic E-state index is 13.0. The van der Waals surface area contributed by atoms with Gasteiger partial charge in [-0.3, -0.25) is 19.8 Å². The van der Waals surface area contributed by atoms with Gasteiger partial charge < -0.3 is 11.1 Å². The zero-order valence-electron chi connectivity index (χ0n) is 20.3. The number of amides is 3. The van der Waals surface area contributed by atoms with E-state index in [1.165, 1.54) is 11.4 Å². The van der Waals surface area contributed by atoms with Crippen LogP contribution >= 0.6 is 0 Å². The van der Waals surface area contributed by atoms with E-state index >= 15 is 0 Å². The van der Waals surface area contributed by atoms with Crippen molar-refractivity contribution in [3.8, 4) is 0 Å². The third-order valence-electron chi connectivity index (χ3n) is 5.40. The number of carbonyl (C=O) groups excluding carboxylic acids is 3. The van der Waals surface area contributed by atoms with Gasteiger partial charge in [0.25, 0.3) is 0 Å². The van der Waals surface area contributed by atoms with Gasteiger partial charge in [-0.1, -0.05) is 85.0 Å². The van der Waals surface area contributed by atoms with Gasteiger partial charge in [0.05, 0.1) is 0 Å². The minimum absolute atomic E-state index is 0.181. The largest absolute Gasteiger partial charge is 0.353 e. The quantitative estimate of drug-likeness (QED) is 0.207. The molecular formula is C24H48N4O3. The third kappa shape index (κ3) is 14.9. The van der Waals surface area contributed by atoms with E-state index in [2.05, 4.69) is 24.6 Å². The lowest BCUT2D eigenvalue weighted by Crippen LogP contribution is -2.57. The van der Waals surface area contributed by atoms with Crippen molar-refractivity contribution in [3.05, 3.63) is 0 Å². The van der Waals surface area contributed by atoms with Gasteiger partial charge in [0.2, 0.25) is 17.7 Å². The maximum Gasteiger partial charge on any atom is 0.244 e. The highest BCUT2D eigenvalue weighted by atomic mass is 16.2. The summed E-state index contributed by atoms with van der Waals surface area (Å²) in [7, 11) is 0.